The highest BCUT2D eigenvalue weighted by Crippen LogP contribution is 2.26. The Kier molecular flexibility index (Phi) is 3.47. The first-order valence-corrected chi connectivity index (χ1v) is 6.29. The molecule has 0 spiro atoms. The predicted molar refractivity (Wildman–Crippen MR) is 69.5 cm³/mol. The summed E-state index contributed by atoms with van der Waals surface area (Å²) in [7, 11) is 1.44. The number of H-pyrrole nitrogens is 1. The highest BCUT2D eigenvalue weighted by atomic mass is 32.1. The number of hydrogen-bond acceptors (Lipinski definition) is 7. The highest BCUT2D eigenvalue weighted by molar-refractivity contribution is 7.08. The van der Waals surface area contributed by atoms with Gasteiger partial charge in [-0.05, 0) is 11.5 Å². The zero-order chi connectivity index (χ0) is 14.0. The number of nitrogens with zero attached hydrogens (tertiary/aromatic N) is 4. The molecule has 0 saturated heterocycles. The van der Waals surface area contributed by atoms with Crippen molar-refractivity contribution >= 4 is 23.4 Å². The van der Waals surface area contributed by atoms with Gasteiger partial charge in [0.1, 0.15) is 4.88 Å². The number of carbonyl (C=O) groups is 1. The van der Waals surface area contributed by atoms with E-state index in [2.05, 4.69) is 30.1 Å². The van der Waals surface area contributed by atoms with Crippen molar-refractivity contribution in [1.29, 1.82) is 0 Å². The van der Waals surface area contributed by atoms with Gasteiger partial charge in [-0.15, -0.1) is 10.2 Å². The quantitative estimate of drug-likeness (QED) is 0.876. The van der Waals surface area contributed by atoms with E-state index in [0.717, 1.165) is 11.5 Å². The molecule has 0 bridgehead atoms. The standard InChI is InChI=1S/C10H14N6O2S/c1-10(2,3)6-5(19-16-13-6)7(17)11-8-12-9(18-4)15-14-8/h1-4H3,(H2,11,12,14,15,17). The number of aromatic nitrogens is 5. The molecule has 0 aliphatic heterocycles. The molecular formula is C10H14N6O2S. The highest BCUT2D eigenvalue weighted by Gasteiger charge is 2.26. The van der Waals surface area contributed by atoms with Gasteiger partial charge in [0.25, 0.3) is 5.91 Å². The van der Waals surface area contributed by atoms with Crippen molar-refractivity contribution in [3.8, 4) is 6.01 Å². The summed E-state index contributed by atoms with van der Waals surface area (Å²) in [5.41, 5.74) is 0.403. The van der Waals surface area contributed by atoms with E-state index < -0.39 is 0 Å². The van der Waals surface area contributed by atoms with E-state index in [1.807, 2.05) is 20.8 Å². The molecule has 0 unspecified atom stereocenters. The number of methoxy groups -OCH3 is 1. The Hall–Kier alpha value is -2.03. The molecule has 0 atom stereocenters. The molecule has 0 aliphatic carbocycles. The van der Waals surface area contributed by atoms with Gasteiger partial charge in [0.2, 0.25) is 5.95 Å². The molecule has 19 heavy (non-hydrogen) atoms. The summed E-state index contributed by atoms with van der Waals surface area (Å²) in [6.07, 6.45) is 0. The van der Waals surface area contributed by atoms with Gasteiger partial charge in [-0.1, -0.05) is 25.3 Å². The number of anilines is 1. The van der Waals surface area contributed by atoms with Gasteiger partial charge in [0.15, 0.2) is 0 Å². The Morgan fingerprint density at radius 3 is 2.74 bits per heavy atom. The lowest BCUT2D eigenvalue weighted by molar-refractivity contribution is 0.102. The van der Waals surface area contributed by atoms with E-state index >= 15 is 0 Å². The van der Waals surface area contributed by atoms with Crippen molar-refractivity contribution in [3.63, 3.8) is 0 Å². The molecule has 9 heteroatoms. The molecule has 102 valence electrons. The molecule has 2 aromatic heterocycles. The summed E-state index contributed by atoms with van der Waals surface area (Å²) in [4.78, 5) is 16.5. The first kappa shape index (κ1) is 13.4. The van der Waals surface area contributed by atoms with Gasteiger partial charge in [-0.2, -0.15) is 4.98 Å². The molecule has 2 rings (SSSR count). The summed E-state index contributed by atoms with van der Waals surface area (Å²) >= 11 is 1.05. The van der Waals surface area contributed by atoms with Crippen LogP contribution in [-0.4, -0.2) is 37.8 Å². The number of amides is 1. The molecule has 8 nitrogen and oxygen atoms in total. The van der Waals surface area contributed by atoms with Crippen LogP contribution in [0.15, 0.2) is 0 Å². The Balaban J connectivity index is 2.19. The molecule has 2 heterocycles. The van der Waals surface area contributed by atoms with Crippen LogP contribution in [0.1, 0.15) is 36.1 Å². The van der Waals surface area contributed by atoms with Crippen LogP contribution >= 0.6 is 11.5 Å². The zero-order valence-corrected chi connectivity index (χ0v) is 11.8. The number of carbonyl (C=O) groups excluding carboxylic acids is 1. The molecule has 0 aliphatic rings. The van der Waals surface area contributed by atoms with Gasteiger partial charge in [-0.3, -0.25) is 10.1 Å². The molecule has 2 aromatic rings. The van der Waals surface area contributed by atoms with Gasteiger partial charge in [0.05, 0.1) is 12.8 Å². The monoisotopic (exact) mass is 282 g/mol. The summed E-state index contributed by atoms with van der Waals surface area (Å²) in [5.74, 6) is -0.103. The van der Waals surface area contributed by atoms with Crippen LogP contribution in [0.4, 0.5) is 5.95 Å². The average molecular weight is 282 g/mol. The minimum Gasteiger partial charge on any atom is -0.466 e. The molecule has 2 N–H and O–H groups in total. The first-order chi connectivity index (χ1) is 8.91. The van der Waals surface area contributed by atoms with Crippen molar-refractivity contribution in [2.75, 3.05) is 12.4 Å². The molecular weight excluding hydrogens is 268 g/mol. The number of ether oxygens (including phenoxy) is 1. The lowest BCUT2D eigenvalue weighted by Gasteiger charge is -2.15. The smallest absolute Gasteiger partial charge is 0.336 e. The lowest BCUT2D eigenvalue weighted by Crippen LogP contribution is -2.20. The molecule has 1 amide bonds. The van der Waals surface area contributed by atoms with Crippen molar-refractivity contribution < 1.29 is 9.53 Å². The molecule has 0 radical (unpaired) electrons. The minimum absolute atomic E-state index is 0.161. The van der Waals surface area contributed by atoms with Crippen LogP contribution in [0.5, 0.6) is 6.01 Å². The Morgan fingerprint density at radius 2 is 2.16 bits per heavy atom. The normalized spacial score (nSPS) is 11.4. The Morgan fingerprint density at radius 1 is 1.42 bits per heavy atom. The van der Waals surface area contributed by atoms with E-state index in [1.165, 1.54) is 7.11 Å². The maximum atomic E-state index is 12.1. The van der Waals surface area contributed by atoms with Crippen molar-refractivity contribution in [2.24, 2.45) is 0 Å². The summed E-state index contributed by atoms with van der Waals surface area (Å²) in [5, 5.41) is 12.9. The van der Waals surface area contributed by atoms with E-state index in [0.29, 0.717) is 10.6 Å². The third-order valence-electron chi connectivity index (χ3n) is 2.28. The lowest BCUT2D eigenvalue weighted by atomic mass is 9.91. The van der Waals surface area contributed by atoms with E-state index in [1.54, 1.807) is 0 Å². The van der Waals surface area contributed by atoms with Crippen molar-refractivity contribution in [3.05, 3.63) is 10.6 Å². The number of aromatic amines is 1. The van der Waals surface area contributed by atoms with Gasteiger partial charge in [-0.25, -0.2) is 5.10 Å². The van der Waals surface area contributed by atoms with Crippen LogP contribution in [0.2, 0.25) is 0 Å². The topological polar surface area (TPSA) is 106 Å². The van der Waals surface area contributed by atoms with Gasteiger partial charge < -0.3 is 4.74 Å². The van der Waals surface area contributed by atoms with Crippen LogP contribution in [0.25, 0.3) is 0 Å². The second kappa shape index (κ2) is 4.92. The molecule has 0 aromatic carbocycles. The van der Waals surface area contributed by atoms with Gasteiger partial charge >= 0.3 is 6.01 Å². The number of hydrogen-bond donors (Lipinski definition) is 2. The fraction of sp³-hybridized carbons (Fsp3) is 0.500. The van der Waals surface area contributed by atoms with Crippen LogP contribution in [0.3, 0.4) is 0 Å². The SMILES string of the molecule is COc1n[nH]c(NC(=O)c2snnc2C(C)(C)C)n1. The third-order valence-corrected chi connectivity index (χ3v) is 3.01. The van der Waals surface area contributed by atoms with Crippen LogP contribution < -0.4 is 10.1 Å². The summed E-state index contributed by atoms with van der Waals surface area (Å²) < 4.78 is 8.65. The second-order valence-electron chi connectivity index (χ2n) is 4.83. The van der Waals surface area contributed by atoms with Crippen molar-refractivity contribution in [1.82, 2.24) is 24.8 Å². The maximum absolute atomic E-state index is 12.1. The minimum atomic E-state index is -0.321. The number of nitrogens with one attached hydrogen (secondary N) is 2. The van der Waals surface area contributed by atoms with Gasteiger partial charge in [0, 0.05) is 5.41 Å². The van der Waals surface area contributed by atoms with Crippen LogP contribution in [0, 0.1) is 0 Å². The van der Waals surface area contributed by atoms with Crippen LogP contribution in [-0.2, 0) is 5.41 Å². The largest absolute Gasteiger partial charge is 0.466 e. The maximum Gasteiger partial charge on any atom is 0.336 e. The fourth-order valence-electron chi connectivity index (χ4n) is 1.39. The summed E-state index contributed by atoms with van der Waals surface area (Å²) in [6.45, 7) is 5.91. The molecule has 0 saturated carbocycles. The second-order valence-corrected chi connectivity index (χ2v) is 5.58. The Bertz CT molecular complexity index is 585. The zero-order valence-electron chi connectivity index (χ0n) is 11.0. The van der Waals surface area contributed by atoms with Crippen molar-refractivity contribution in [2.45, 2.75) is 26.2 Å². The number of rotatable bonds is 3. The Labute approximate surface area is 113 Å². The van der Waals surface area contributed by atoms with E-state index in [4.69, 9.17) is 4.74 Å². The van der Waals surface area contributed by atoms with E-state index in [-0.39, 0.29) is 23.3 Å². The average Bonchev–Trinajstić information content (AvgIpc) is 2.95. The predicted octanol–water partition coefficient (Wildman–Crippen LogP) is 1.21. The molecule has 0 fully saturated rings. The fourth-order valence-corrected chi connectivity index (χ4v) is 2.16. The third kappa shape index (κ3) is 2.87. The summed E-state index contributed by atoms with van der Waals surface area (Å²) in [6, 6.07) is 0.161. The van der Waals surface area contributed by atoms with E-state index in [9.17, 15) is 4.79 Å². The first-order valence-electron chi connectivity index (χ1n) is 5.52.